The molecule has 0 heterocycles. The van der Waals surface area contributed by atoms with Crippen molar-refractivity contribution in [2.24, 2.45) is 0 Å². The van der Waals surface area contributed by atoms with Crippen molar-refractivity contribution in [3.63, 3.8) is 0 Å². The second-order valence-corrected chi connectivity index (χ2v) is 3.85. The number of rotatable bonds is 4. The van der Waals surface area contributed by atoms with Crippen molar-refractivity contribution in [1.29, 1.82) is 0 Å². The fraction of sp³-hybridized carbons (Fsp3) is 0.273. The Labute approximate surface area is 87.2 Å². The van der Waals surface area contributed by atoms with Gasteiger partial charge in [-0.05, 0) is 36.1 Å². The zero-order chi connectivity index (χ0) is 9.68. The van der Waals surface area contributed by atoms with E-state index in [2.05, 4.69) is 22.5 Å². The maximum Gasteiger partial charge on any atom is 0.0434 e. The molecule has 0 spiro atoms. The third kappa shape index (κ3) is 3.33. The largest absolute Gasteiger partial charge is 0.396 e. The lowest BCUT2D eigenvalue weighted by molar-refractivity contribution is 0.290. The highest BCUT2D eigenvalue weighted by molar-refractivity contribution is 9.10. The molecule has 0 amide bonds. The third-order valence-electron chi connectivity index (χ3n) is 1.89. The Hall–Kier alpha value is -0.600. The van der Waals surface area contributed by atoms with Crippen molar-refractivity contribution in [2.45, 2.75) is 12.8 Å². The SMILES string of the molecule is C=C(CCCO)c1ccc(Br)cc1. The summed E-state index contributed by atoms with van der Waals surface area (Å²) >= 11 is 3.38. The molecule has 70 valence electrons. The monoisotopic (exact) mass is 240 g/mol. The van der Waals surface area contributed by atoms with E-state index in [1.54, 1.807) is 0 Å². The predicted molar refractivity (Wildman–Crippen MR) is 59.5 cm³/mol. The second kappa shape index (κ2) is 5.20. The van der Waals surface area contributed by atoms with Gasteiger partial charge in [0.25, 0.3) is 0 Å². The average Bonchev–Trinajstić information content (AvgIpc) is 2.15. The first-order valence-corrected chi connectivity index (χ1v) is 5.08. The quantitative estimate of drug-likeness (QED) is 0.857. The van der Waals surface area contributed by atoms with Crippen molar-refractivity contribution < 1.29 is 5.11 Å². The van der Waals surface area contributed by atoms with E-state index in [1.807, 2.05) is 24.3 Å². The number of hydrogen-bond donors (Lipinski definition) is 1. The van der Waals surface area contributed by atoms with Crippen LogP contribution in [0.3, 0.4) is 0 Å². The molecule has 0 aliphatic heterocycles. The summed E-state index contributed by atoms with van der Waals surface area (Å²) in [5, 5.41) is 8.66. The van der Waals surface area contributed by atoms with E-state index in [9.17, 15) is 0 Å². The van der Waals surface area contributed by atoms with Crippen molar-refractivity contribution in [1.82, 2.24) is 0 Å². The fourth-order valence-electron chi connectivity index (χ4n) is 1.12. The van der Waals surface area contributed by atoms with Gasteiger partial charge in [-0.3, -0.25) is 0 Å². The molecule has 13 heavy (non-hydrogen) atoms. The lowest BCUT2D eigenvalue weighted by Gasteiger charge is -2.04. The van der Waals surface area contributed by atoms with E-state index < -0.39 is 0 Å². The van der Waals surface area contributed by atoms with Crippen LogP contribution in [0.15, 0.2) is 35.3 Å². The van der Waals surface area contributed by atoms with Crippen LogP contribution >= 0.6 is 15.9 Å². The maximum atomic E-state index is 8.66. The lowest BCUT2D eigenvalue weighted by Crippen LogP contribution is -1.86. The molecule has 1 rings (SSSR count). The van der Waals surface area contributed by atoms with E-state index in [0.717, 1.165) is 28.5 Å². The number of allylic oxidation sites excluding steroid dienone is 1. The molecule has 0 fully saturated rings. The first kappa shape index (κ1) is 10.5. The van der Waals surface area contributed by atoms with Gasteiger partial charge in [-0.1, -0.05) is 34.6 Å². The standard InChI is InChI=1S/C11H13BrO/c1-9(3-2-8-13)10-4-6-11(12)7-5-10/h4-7,13H,1-3,8H2. The lowest BCUT2D eigenvalue weighted by atomic mass is 10.0. The van der Waals surface area contributed by atoms with Crippen molar-refractivity contribution in [3.05, 3.63) is 40.9 Å². The molecule has 0 aromatic heterocycles. The molecule has 0 saturated carbocycles. The zero-order valence-electron chi connectivity index (χ0n) is 7.46. The third-order valence-corrected chi connectivity index (χ3v) is 2.42. The van der Waals surface area contributed by atoms with Crippen LogP contribution in [-0.2, 0) is 0 Å². The molecule has 0 radical (unpaired) electrons. The summed E-state index contributed by atoms with van der Waals surface area (Å²) in [5.74, 6) is 0. The molecule has 0 aliphatic carbocycles. The number of benzene rings is 1. The van der Waals surface area contributed by atoms with Gasteiger partial charge in [0.1, 0.15) is 0 Å². The molecule has 1 aromatic carbocycles. The summed E-state index contributed by atoms with van der Waals surface area (Å²) in [4.78, 5) is 0. The summed E-state index contributed by atoms with van der Waals surface area (Å²) in [6, 6.07) is 8.06. The van der Waals surface area contributed by atoms with Crippen LogP contribution in [0.4, 0.5) is 0 Å². The number of aliphatic hydroxyl groups is 1. The van der Waals surface area contributed by atoms with Crippen molar-refractivity contribution in [3.8, 4) is 0 Å². The van der Waals surface area contributed by atoms with Crippen LogP contribution in [0, 0.1) is 0 Å². The van der Waals surface area contributed by atoms with Crippen LogP contribution in [0.5, 0.6) is 0 Å². The summed E-state index contributed by atoms with van der Waals surface area (Å²) < 4.78 is 1.08. The van der Waals surface area contributed by atoms with Crippen LogP contribution < -0.4 is 0 Å². The Bertz CT molecular complexity index is 277. The second-order valence-electron chi connectivity index (χ2n) is 2.94. The van der Waals surface area contributed by atoms with Gasteiger partial charge in [0.15, 0.2) is 0 Å². The highest BCUT2D eigenvalue weighted by atomic mass is 79.9. The van der Waals surface area contributed by atoms with Crippen LogP contribution in [0.2, 0.25) is 0 Å². The Morgan fingerprint density at radius 1 is 1.31 bits per heavy atom. The number of aliphatic hydroxyl groups excluding tert-OH is 1. The normalized spacial score (nSPS) is 10.0. The molecule has 0 bridgehead atoms. The van der Waals surface area contributed by atoms with Crippen LogP contribution in [-0.4, -0.2) is 11.7 Å². The van der Waals surface area contributed by atoms with Gasteiger partial charge >= 0.3 is 0 Å². The zero-order valence-corrected chi connectivity index (χ0v) is 9.05. The average molecular weight is 241 g/mol. The van der Waals surface area contributed by atoms with E-state index in [1.165, 1.54) is 0 Å². The predicted octanol–water partition coefficient (Wildman–Crippen LogP) is 3.23. The smallest absolute Gasteiger partial charge is 0.0434 e. The van der Waals surface area contributed by atoms with Crippen molar-refractivity contribution >= 4 is 21.5 Å². The fourth-order valence-corrected chi connectivity index (χ4v) is 1.39. The molecule has 2 heteroatoms. The Morgan fingerprint density at radius 2 is 1.92 bits per heavy atom. The molecule has 1 nitrogen and oxygen atoms in total. The topological polar surface area (TPSA) is 20.2 Å². The first-order valence-electron chi connectivity index (χ1n) is 4.28. The van der Waals surface area contributed by atoms with E-state index in [0.29, 0.717) is 0 Å². The molecule has 0 atom stereocenters. The van der Waals surface area contributed by atoms with E-state index >= 15 is 0 Å². The molecule has 0 unspecified atom stereocenters. The minimum absolute atomic E-state index is 0.232. The number of halogens is 1. The van der Waals surface area contributed by atoms with Crippen LogP contribution in [0.1, 0.15) is 18.4 Å². The van der Waals surface area contributed by atoms with E-state index in [-0.39, 0.29) is 6.61 Å². The van der Waals surface area contributed by atoms with Crippen molar-refractivity contribution in [2.75, 3.05) is 6.61 Å². The van der Waals surface area contributed by atoms with Gasteiger partial charge < -0.3 is 5.11 Å². The Kier molecular flexibility index (Phi) is 4.19. The molecule has 1 N–H and O–H groups in total. The molecule has 1 aromatic rings. The summed E-state index contributed by atoms with van der Waals surface area (Å²) in [7, 11) is 0. The van der Waals surface area contributed by atoms with Gasteiger partial charge in [0, 0.05) is 11.1 Å². The van der Waals surface area contributed by atoms with Gasteiger partial charge in [0.2, 0.25) is 0 Å². The van der Waals surface area contributed by atoms with Gasteiger partial charge in [-0.25, -0.2) is 0 Å². The molecule has 0 aliphatic rings. The van der Waals surface area contributed by atoms with Crippen LogP contribution in [0.25, 0.3) is 5.57 Å². The maximum absolute atomic E-state index is 8.66. The minimum atomic E-state index is 0.232. The first-order chi connectivity index (χ1) is 6.24. The Morgan fingerprint density at radius 3 is 2.46 bits per heavy atom. The molecular formula is C11H13BrO. The molecular weight excluding hydrogens is 228 g/mol. The summed E-state index contributed by atoms with van der Waals surface area (Å²) in [5.41, 5.74) is 2.23. The highest BCUT2D eigenvalue weighted by Crippen LogP contribution is 2.19. The summed E-state index contributed by atoms with van der Waals surface area (Å²) in [6.07, 6.45) is 1.65. The molecule has 0 saturated heterocycles. The number of hydrogen-bond acceptors (Lipinski definition) is 1. The highest BCUT2D eigenvalue weighted by Gasteiger charge is 1.97. The van der Waals surface area contributed by atoms with Gasteiger partial charge in [-0.15, -0.1) is 0 Å². The minimum Gasteiger partial charge on any atom is -0.396 e. The van der Waals surface area contributed by atoms with Gasteiger partial charge in [0.05, 0.1) is 0 Å². The van der Waals surface area contributed by atoms with Gasteiger partial charge in [-0.2, -0.15) is 0 Å². The summed E-state index contributed by atoms with van der Waals surface area (Å²) in [6.45, 7) is 4.20. The Balaban J connectivity index is 2.61. The van der Waals surface area contributed by atoms with E-state index in [4.69, 9.17) is 5.11 Å².